The van der Waals surface area contributed by atoms with Crippen LogP contribution in [0.4, 0.5) is 0 Å². The molecule has 1 heterocycles. The lowest BCUT2D eigenvalue weighted by Gasteiger charge is -2.36. The van der Waals surface area contributed by atoms with Crippen molar-refractivity contribution >= 4 is 5.97 Å². The van der Waals surface area contributed by atoms with Crippen molar-refractivity contribution in [2.45, 2.75) is 25.6 Å². The van der Waals surface area contributed by atoms with E-state index in [1.807, 2.05) is 37.3 Å². The molecule has 0 radical (unpaired) electrons. The zero-order valence-corrected chi connectivity index (χ0v) is 15.6. The summed E-state index contributed by atoms with van der Waals surface area (Å²) in [6.45, 7) is 3.88. The minimum Gasteiger partial charge on any atom is -0.475 e. The Balaban J connectivity index is 2.07. The van der Waals surface area contributed by atoms with E-state index in [9.17, 15) is 9.90 Å². The Morgan fingerprint density at radius 3 is 2.44 bits per heavy atom. The van der Waals surface area contributed by atoms with Crippen LogP contribution in [0.25, 0.3) is 0 Å². The third-order valence-electron chi connectivity index (χ3n) is 4.31. The quantitative estimate of drug-likeness (QED) is 0.537. The molecule has 150 valence electrons. The van der Waals surface area contributed by atoms with Crippen molar-refractivity contribution in [3.63, 3.8) is 0 Å². The van der Waals surface area contributed by atoms with Gasteiger partial charge in [-0.15, -0.1) is 0 Å². The van der Waals surface area contributed by atoms with Crippen LogP contribution < -0.4 is 0 Å². The molecule has 27 heavy (non-hydrogen) atoms. The second-order valence-corrected chi connectivity index (χ2v) is 6.12. The number of hydrogen-bond donors (Lipinski definition) is 2. The summed E-state index contributed by atoms with van der Waals surface area (Å²) in [6.07, 6.45) is 1.65. The van der Waals surface area contributed by atoms with Gasteiger partial charge in [-0.25, -0.2) is 4.79 Å². The zero-order valence-electron chi connectivity index (χ0n) is 15.6. The Morgan fingerprint density at radius 1 is 1.11 bits per heavy atom. The zero-order chi connectivity index (χ0) is 19.5. The van der Waals surface area contributed by atoms with Crippen LogP contribution in [0, 0.1) is 5.92 Å². The predicted molar refractivity (Wildman–Crippen MR) is 98.2 cm³/mol. The maximum absolute atomic E-state index is 11.5. The number of aliphatic hydroxyl groups excluding tert-OH is 1. The summed E-state index contributed by atoms with van der Waals surface area (Å²) < 4.78 is 22.1. The van der Waals surface area contributed by atoms with E-state index in [0.717, 1.165) is 5.56 Å². The fourth-order valence-electron chi connectivity index (χ4n) is 3.09. The molecule has 2 rings (SSSR count). The molecule has 0 amide bonds. The van der Waals surface area contributed by atoms with Crippen LogP contribution in [0.2, 0.25) is 0 Å². The summed E-state index contributed by atoms with van der Waals surface area (Å²) in [7, 11) is 0. The normalized spacial score (nSPS) is 22.1. The molecule has 0 saturated carbocycles. The van der Waals surface area contributed by atoms with Gasteiger partial charge in [-0.3, -0.25) is 0 Å². The lowest BCUT2D eigenvalue weighted by atomic mass is 9.81. The first kappa shape index (κ1) is 21.4. The van der Waals surface area contributed by atoms with E-state index in [-0.39, 0.29) is 24.2 Å². The molecule has 0 aromatic heterocycles. The highest BCUT2D eigenvalue weighted by atomic mass is 16.7. The van der Waals surface area contributed by atoms with Gasteiger partial charge in [0.25, 0.3) is 0 Å². The lowest BCUT2D eigenvalue weighted by Crippen LogP contribution is -2.37. The molecule has 0 fully saturated rings. The number of allylic oxidation sites excluding steroid dienone is 1. The van der Waals surface area contributed by atoms with E-state index in [0.29, 0.717) is 39.5 Å². The molecule has 1 aromatic rings. The third-order valence-corrected chi connectivity index (χ3v) is 4.31. The number of carboxylic acids is 1. The van der Waals surface area contributed by atoms with Gasteiger partial charge in [-0.05, 0) is 25.0 Å². The molecule has 0 bridgehead atoms. The topological polar surface area (TPSA) is 94.5 Å². The Bertz CT molecular complexity index is 587. The second kappa shape index (κ2) is 11.7. The fraction of sp³-hybridized carbons (Fsp3) is 0.550. The maximum Gasteiger partial charge on any atom is 0.370 e. The molecule has 0 aliphatic carbocycles. The number of benzene rings is 1. The van der Waals surface area contributed by atoms with Crippen molar-refractivity contribution in [2.75, 3.05) is 39.6 Å². The first-order chi connectivity index (χ1) is 13.2. The Hall–Kier alpha value is -1.93. The number of aliphatic carboxylic acids is 1. The summed E-state index contributed by atoms with van der Waals surface area (Å²) in [6, 6.07) is 9.74. The number of hydrogen-bond acceptors (Lipinski definition) is 6. The summed E-state index contributed by atoms with van der Waals surface area (Å²) in [5, 5.41) is 18.1. The van der Waals surface area contributed by atoms with E-state index < -0.39 is 12.3 Å². The third kappa shape index (κ3) is 6.62. The second-order valence-electron chi connectivity index (χ2n) is 6.12. The standard InChI is InChI=1S/C20H28O7/c1-2-26-20-16(8-10-24-12-13-25-11-9-21)17(14-18(27-20)19(22)23)15-6-4-3-5-7-15/h3-7,14,16-17,20-21H,2,8-13H2,1H3,(H,22,23)/t16-,17+,20+/m1/s1. The minimum atomic E-state index is -1.10. The number of aliphatic hydroxyl groups is 1. The molecule has 0 saturated heterocycles. The summed E-state index contributed by atoms with van der Waals surface area (Å²) in [5.41, 5.74) is 1.01. The Morgan fingerprint density at radius 2 is 1.81 bits per heavy atom. The van der Waals surface area contributed by atoms with Crippen LogP contribution in [0.3, 0.4) is 0 Å². The molecule has 1 aromatic carbocycles. The van der Waals surface area contributed by atoms with Gasteiger partial charge in [0.2, 0.25) is 12.0 Å². The molecule has 7 heteroatoms. The van der Waals surface area contributed by atoms with Crippen molar-refractivity contribution in [1.29, 1.82) is 0 Å². The van der Waals surface area contributed by atoms with E-state index in [4.69, 9.17) is 24.1 Å². The van der Waals surface area contributed by atoms with Crippen molar-refractivity contribution in [2.24, 2.45) is 5.92 Å². The molecular formula is C20H28O7. The maximum atomic E-state index is 11.5. The van der Waals surface area contributed by atoms with Gasteiger partial charge in [0.15, 0.2) is 0 Å². The highest BCUT2D eigenvalue weighted by molar-refractivity contribution is 5.84. The van der Waals surface area contributed by atoms with Gasteiger partial charge in [0.1, 0.15) is 0 Å². The molecule has 0 spiro atoms. The Kier molecular flexibility index (Phi) is 9.27. The van der Waals surface area contributed by atoms with Gasteiger partial charge in [0, 0.05) is 25.0 Å². The highest BCUT2D eigenvalue weighted by Gasteiger charge is 2.37. The summed E-state index contributed by atoms with van der Waals surface area (Å²) in [5.74, 6) is -1.40. The predicted octanol–water partition coefficient (Wildman–Crippen LogP) is 2.16. The lowest BCUT2D eigenvalue weighted by molar-refractivity contribution is -0.174. The summed E-state index contributed by atoms with van der Waals surface area (Å²) >= 11 is 0. The highest BCUT2D eigenvalue weighted by Crippen LogP contribution is 2.38. The van der Waals surface area contributed by atoms with Crippen LogP contribution in [0.1, 0.15) is 24.8 Å². The average Bonchev–Trinajstić information content (AvgIpc) is 2.68. The van der Waals surface area contributed by atoms with Crippen LogP contribution in [-0.4, -0.2) is 62.1 Å². The molecular weight excluding hydrogens is 352 g/mol. The number of carboxylic acid groups (broad SMARTS) is 1. The smallest absolute Gasteiger partial charge is 0.370 e. The molecule has 0 unspecified atom stereocenters. The van der Waals surface area contributed by atoms with Crippen molar-refractivity contribution < 1.29 is 34.0 Å². The average molecular weight is 380 g/mol. The van der Waals surface area contributed by atoms with Gasteiger partial charge < -0.3 is 29.2 Å². The molecule has 1 aliphatic rings. The van der Waals surface area contributed by atoms with Gasteiger partial charge >= 0.3 is 5.97 Å². The number of carbonyl (C=O) groups is 1. The number of rotatable bonds is 12. The van der Waals surface area contributed by atoms with Crippen LogP contribution >= 0.6 is 0 Å². The first-order valence-corrected chi connectivity index (χ1v) is 9.22. The first-order valence-electron chi connectivity index (χ1n) is 9.22. The van der Waals surface area contributed by atoms with Crippen molar-refractivity contribution in [1.82, 2.24) is 0 Å². The largest absolute Gasteiger partial charge is 0.475 e. The van der Waals surface area contributed by atoms with Crippen LogP contribution in [0.15, 0.2) is 42.2 Å². The molecule has 3 atom stereocenters. The molecule has 2 N–H and O–H groups in total. The van der Waals surface area contributed by atoms with E-state index >= 15 is 0 Å². The number of ether oxygens (including phenoxy) is 4. The summed E-state index contributed by atoms with van der Waals surface area (Å²) in [4.78, 5) is 11.5. The van der Waals surface area contributed by atoms with Gasteiger partial charge in [0.05, 0.1) is 26.4 Å². The molecule has 1 aliphatic heterocycles. The van der Waals surface area contributed by atoms with Crippen LogP contribution in [-0.2, 0) is 23.7 Å². The SMILES string of the molecule is CCO[C@H]1OC(C(=O)O)=C[C@@H](c2ccccc2)[C@H]1CCOCCOCCO. The molecule has 7 nitrogen and oxygen atoms in total. The minimum absolute atomic E-state index is 0.00749. The monoisotopic (exact) mass is 380 g/mol. The van der Waals surface area contributed by atoms with Crippen molar-refractivity contribution in [3.8, 4) is 0 Å². The van der Waals surface area contributed by atoms with Crippen LogP contribution in [0.5, 0.6) is 0 Å². The van der Waals surface area contributed by atoms with E-state index in [1.165, 1.54) is 0 Å². The van der Waals surface area contributed by atoms with E-state index in [1.54, 1.807) is 6.08 Å². The Labute approximate surface area is 159 Å². The van der Waals surface area contributed by atoms with Gasteiger partial charge in [-0.1, -0.05) is 30.3 Å². The van der Waals surface area contributed by atoms with Crippen molar-refractivity contribution in [3.05, 3.63) is 47.7 Å². The van der Waals surface area contributed by atoms with Gasteiger partial charge in [-0.2, -0.15) is 0 Å². The fourth-order valence-corrected chi connectivity index (χ4v) is 3.09. The van der Waals surface area contributed by atoms with E-state index in [2.05, 4.69) is 0 Å².